The van der Waals surface area contributed by atoms with Crippen LogP contribution in [0.15, 0.2) is 18.2 Å². The highest BCUT2D eigenvalue weighted by Crippen LogP contribution is 2.45. The molecule has 0 atom stereocenters. The molecule has 2 aromatic carbocycles. The van der Waals surface area contributed by atoms with Crippen molar-refractivity contribution in [2.24, 2.45) is 0 Å². The molecule has 112 valence electrons. The fourth-order valence-corrected chi connectivity index (χ4v) is 2.63. The Morgan fingerprint density at radius 3 is 2.18 bits per heavy atom. The molecule has 6 nitrogen and oxygen atoms in total. The molecule has 3 N–H and O–H groups in total. The monoisotopic (exact) mass is 300 g/mol. The lowest BCUT2D eigenvalue weighted by molar-refractivity contribution is 0.0973. The Balaban J connectivity index is 2.40. The normalized spacial score (nSPS) is 12.8. The van der Waals surface area contributed by atoms with Crippen LogP contribution < -0.4 is 4.74 Å². The van der Waals surface area contributed by atoms with Crippen LogP contribution in [-0.4, -0.2) is 34.0 Å². The summed E-state index contributed by atoms with van der Waals surface area (Å²) < 4.78 is 4.84. The van der Waals surface area contributed by atoms with E-state index in [1.807, 2.05) is 0 Å². The van der Waals surface area contributed by atoms with Gasteiger partial charge in [-0.2, -0.15) is 0 Å². The van der Waals surface area contributed by atoms with Gasteiger partial charge in [0.05, 0.1) is 18.2 Å². The van der Waals surface area contributed by atoms with Crippen LogP contribution in [0, 0.1) is 6.92 Å². The second-order valence-corrected chi connectivity index (χ2v) is 5.01. The number of methoxy groups -OCH3 is 1. The third-order valence-corrected chi connectivity index (χ3v) is 3.76. The van der Waals surface area contributed by atoms with E-state index in [1.165, 1.54) is 19.2 Å². The summed E-state index contributed by atoms with van der Waals surface area (Å²) in [7, 11) is 1.21. The van der Waals surface area contributed by atoms with E-state index in [2.05, 4.69) is 0 Å². The van der Waals surface area contributed by atoms with Gasteiger partial charge in [0.15, 0.2) is 17.3 Å². The Hall–Kier alpha value is -3.02. The number of hydrogen-bond acceptors (Lipinski definition) is 6. The molecule has 0 heterocycles. The van der Waals surface area contributed by atoms with Crippen LogP contribution in [-0.2, 0) is 0 Å². The molecule has 0 aromatic heterocycles. The molecule has 0 saturated carbocycles. The van der Waals surface area contributed by atoms with E-state index in [-0.39, 0.29) is 33.8 Å². The fourth-order valence-electron chi connectivity index (χ4n) is 2.63. The number of carbonyl (C=O) groups excluding carboxylic acids is 2. The van der Waals surface area contributed by atoms with Crippen LogP contribution in [0.2, 0.25) is 0 Å². The van der Waals surface area contributed by atoms with Gasteiger partial charge < -0.3 is 20.1 Å². The minimum Gasteiger partial charge on any atom is -0.507 e. The average molecular weight is 300 g/mol. The van der Waals surface area contributed by atoms with Gasteiger partial charge in [-0.1, -0.05) is 6.07 Å². The zero-order chi connectivity index (χ0) is 16.2. The molecule has 0 fully saturated rings. The number of aryl methyl sites for hydroxylation is 1. The van der Waals surface area contributed by atoms with Crippen molar-refractivity contribution in [1.82, 2.24) is 0 Å². The van der Waals surface area contributed by atoms with Gasteiger partial charge in [-0.15, -0.1) is 0 Å². The van der Waals surface area contributed by atoms with Crippen molar-refractivity contribution in [3.8, 4) is 23.0 Å². The number of phenols is 3. The molecule has 0 bridgehead atoms. The predicted molar refractivity (Wildman–Crippen MR) is 76.0 cm³/mol. The third kappa shape index (κ3) is 1.60. The zero-order valence-electron chi connectivity index (χ0n) is 11.8. The number of benzene rings is 2. The predicted octanol–water partition coefficient (Wildman–Crippen LogP) is 1.90. The topological polar surface area (TPSA) is 104 Å². The summed E-state index contributed by atoms with van der Waals surface area (Å²) in [4.78, 5) is 25.1. The van der Waals surface area contributed by atoms with E-state index in [0.29, 0.717) is 5.56 Å². The van der Waals surface area contributed by atoms with Crippen molar-refractivity contribution < 1.29 is 29.6 Å². The Bertz CT molecular complexity index is 850. The Labute approximate surface area is 125 Å². The molecule has 22 heavy (non-hydrogen) atoms. The van der Waals surface area contributed by atoms with E-state index in [9.17, 15) is 24.9 Å². The molecule has 6 heteroatoms. The van der Waals surface area contributed by atoms with E-state index < -0.39 is 23.1 Å². The van der Waals surface area contributed by atoms with Crippen LogP contribution in [0.25, 0.3) is 0 Å². The summed E-state index contributed by atoms with van der Waals surface area (Å²) in [5.74, 6) is -2.92. The summed E-state index contributed by atoms with van der Waals surface area (Å²) in [5, 5.41) is 30.0. The number of ether oxygens (including phenoxy) is 1. The van der Waals surface area contributed by atoms with Gasteiger partial charge in [0.2, 0.25) is 11.5 Å². The highest BCUT2D eigenvalue weighted by atomic mass is 16.5. The zero-order valence-corrected chi connectivity index (χ0v) is 11.8. The van der Waals surface area contributed by atoms with E-state index in [1.54, 1.807) is 6.92 Å². The minimum absolute atomic E-state index is 0.0320. The molecule has 2 aromatic rings. The Morgan fingerprint density at radius 1 is 0.909 bits per heavy atom. The SMILES string of the molecule is COc1c(O)cc2c(c1O)C(=O)c1c(ccc(C)c1O)C2=O. The molecular weight excluding hydrogens is 288 g/mol. The number of carbonyl (C=O) groups is 2. The highest BCUT2D eigenvalue weighted by molar-refractivity contribution is 6.30. The third-order valence-electron chi connectivity index (χ3n) is 3.76. The standard InChI is InChI=1S/C16H12O6/c1-6-3-4-7-10(12(6)18)14(20)11-8(13(7)19)5-9(17)16(22-2)15(11)21/h3-5,17-18,21H,1-2H3. The van der Waals surface area contributed by atoms with Gasteiger partial charge in [-0.25, -0.2) is 0 Å². The first-order valence-electron chi connectivity index (χ1n) is 6.43. The molecule has 0 spiro atoms. The average Bonchev–Trinajstić information content (AvgIpc) is 2.47. The lowest BCUT2D eigenvalue weighted by Crippen LogP contribution is -2.21. The number of aromatic hydroxyl groups is 3. The second-order valence-electron chi connectivity index (χ2n) is 5.01. The van der Waals surface area contributed by atoms with E-state index in [4.69, 9.17) is 4.74 Å². The first-order valence-corrected chi connectivity index (χ1v) is 6.43. The van der Waals surface area contributed by atoms with Crippen LogP contribution in [0.5, 0.6) is 23.0 Å². The first kappa shape index (κ1) is 13.9. The minimum atomic E-state index is -0.693. The smallest absolute Gasteiger partial charge is 0.203 e. The molecular formula is C16H12O6. The number of rotatable bonds is 1. The van der Waals surface area contributed by atoms with Crippen molar-refractivity contribution in [1.29, 1.82) is 0 Å². The van der Waals surface area contributed by atoms with Gasteiger partial charge in [0.1, 0.15) is 5.75 Å². The van der Waals surface area contributed by atoms with Crippen molar-refractivity contribution in [2.75, 3.05) is 7.11 Å². The summed E-state index contributed by atoms with van der Waals surface area (Å²) in [6.07, 6.45) is 0. The Kier molecular flexibility index (Phi) is 2.84. The molecule has 1 aliphatic carbocycles. The van der Waals surface area contributed by atoms with Crippen LogP contribution in [0.3, 0.4) is 0 Å². The largest absolute Gasteiger partial charge is 0.507 e. The molecule has 1 aliphatic rings. The van der Waals surface area contributed by atoms with Crippen LogP contribution >= 0.6 is 0 Å². The van der Waals surface area contributed by atoms with Gasteiger partial charge >= 0.3 is 0 Å². The van der Waals surface area contributed by atoms with Crippen molar-refractivity contribution in [2.45, 2.75) is 6.92 Å². The lowest BCUT2D eigenvalue weighted by Gasteiger charge is -2.21. The maximum absolute atomic E-state index is 12.6. The van der Waals surface area contributed by atoms with Crippen molar-refractivity contribution >= 4 is 11.6 Å². The fraction of sp³-hybridized carbons (Fsp3) is 0.125. The highest BCUT2D eigenvalue weighted by Gasteiger charge is 2.37. The molecule has 3 rings (SSSR count). The van der Waals surface area contributed by atoms with Crippen molar-refractivity contribution in [3.05, 3.63) is 46.0 Å². The lowest BCUT2D eigenvalue weighted by atomic mass is 9.82. The van der Waals surface area contributed by atoms with Crippen LogP contribution in [0.4, 0.5) is 0 Å². The Morgan fingerprint density at radius 2 is 1.55 bits per heavy atom. The molecule has 0 radical (unpaired) electrons. The number of hydrogen-bond donors (Lipinski definition) is 3. The summed E-state index contributed by atoms with van der Waals surface area (Å²) in [5.41, 5.74) is -0.0942. The number of ketones is 2. The summed E-state index contributed by atoms with van der Waals surface area (Å²) in [6, 6.07) is 4.04. The quantitative estimate of drug-likeness (QED) is 0.634. The molecule has 0 amide bonds. The summed E-state index contributed by atoms with van der Waals surface area (Å²) in [6.45, 7) is 1.60. The summed E-state index contributed by atoms with van der Waals surface area (Å²) >= 11 is 0. The molecule has 0 unspecified atom stereocenters. The first-order chi connectivity index (χ1) is 10.4. The van der Waals surface area contributed by atoms with E-state index in [0.717, 1.165) is 6.07 Å². The van der Waals surface area contributed by atoms with Crippen molar-refractivity contribution in [3.63, 3.8) is 0 Å². The van der Waals surface area contributed by atoms with Gasteiger partial charge in [0.25, 0.3) is 0 Å². The second kappa shape index (κ2) is 4.49. The number of fused-ring (bicyclic) bond motifs is 2. The maximum atomic E-state index is 12.6. The van der Waals surface area contributed by atoms with Gasteiger partial charge in [-0.05, 0) is 24.6 Å². The van der Waals surface area contributed by atoms with Gasteiger partial charge in [0, 0.05) is 11.1 Å². The molecule has 0 saturated heterocycles. The van der Waals surface area contributed by atoms with E-state index >= 15 is 0 Å². The number of phenolic OH excluding ortho intramolecular Hbond substituents is 3. The van der Waals surface area contributed by atoms with Crippen LogP contribution in [0.1, 0.15) is 37.4 Å². The molecule has 0 aliphatic heterocycles. The van der Waals surface area contributed by atoms with Gasteiger partial charge in [-0.3, -0.25) is 9.59 Å². The maximum Gasteiger partial charge on any atom is 0.203 e.